The maximum atomic E-state index is 15.9. The van der Waals surface area contributed by atoms with Gasteiger partial charge < -0.3 is 15.0 Å². The molecular weight excluding hydrogens is 465 g/mol. The lowest BCUT2D eigenvalue weighted by Crippen LogP contribution is -2.47. The van der Waals surface area contributed by atoms with Crippen LogP contribution in [0.5, 0.6) is 5.75 Å². The van der Waals surface area contributed by atoms with Gasteiger partial charge in [-0.2, -0.15) is 13.2 Å². The summed E-state index contributed by atoms with van der Waals surface area (Å²) in [6.45, 7) is 2.90. The zero-order valence-electron chi connectivity index (χ0n) is 19.8. The van der Waals surface area contributed by atoms with E-state index >= 15 is 4.39 Å². The molecule has 0 fully saturated rings. The van der Waals surface area contributed by atoms with Crippen LogP contribution in [0.2, 0.25) is 0 Å². The summed E-state index contributed by atoms with van der Waals surface area (Å²) in [7, 11) is 0. The Kier molecular flexibility index (Phi) is 7.66. The lowest BCUT2D eigenvalue weighted by Gasteiger charge is -2.41. The molecule has 4 rings (SSSR count). The van der Waals surface area contributed by atoms with Gasteiger partial charge in [-0.1, -0.05) is 24.3 Å². The molecule has 35 heavy (non-hydrogen) atoms. The van der Waals surface area contributed by atoms with Crippen molar-refractivity contribution < 1.29 is 26.7 Å². The van der Waals surface area contributed by atoms with Crippen LogP contribution in [0.1, 0.15) is 41.8 Å². The van der Waals surface area contributed by atoms with Gasteiger partial charge in [-0.3, -0.25) is 9.29 Å². The van der Waals surface area contributed by atoms with Crippen molar-refractivity contribution in [3.05, 3.63) is 64.6 Å². The zero-order chi connectivity index (χ0) is 25.2. The van der Waals surface area contributed by atoms with Crippen molar-refractivity contribution in [1.29, 1.82) is 0 Å². The average molecular weight is 496 g/mol. The van der Waals surface area contributed by atoms with Crippen molar-refractivity contribution in [3.8, 4) is 5.75 Å². The van der Waals surface area contributed by atoms with Gasteiger partial charge in [0.2, 0.25) is 0 Å². The Morgan fingerprint density at radius 1 is 1.14 bits per heavy atom. The number of halogens is 5. The molecule has 9 heteroatoms. The highest BCUT2D eigenvalue weighted by Crippen LogP contribution is 2.44. The van der Waals surface area contributed by atoms with Crippen molar-refractivity contribution in [2.75, 3.05) is 32.9 Å². The van der Waals surface area contributed by atoms with Gasteiger partial charge in [0.1, 0.15) is 6.61 Å². The molecule has 0 amide bonds. The fraction of sp³-hybridized carbons (Fsp3) is 0.462. The number of aryl methyl sites for hydroxylation is 1. The summed E-state index contributed by atoms with van der Waals surface area (Å²) in [4.78, 5) is 4.61. The summed E-state index contributed by atoms with van der Waals surface area (Å²) in [6, 6.07) is 9.33. The second-order valence-corrected chi connectivity index (χ2v) is 9.06. The van der Waals surface area contributed by atoms with Gasteiger partial charge in [0.05, 0.1) is 19.3 Å². The Bertz CT molecular complexity index is 1160. The van der Waals surface area contributed by atoms with E-state index in [4.69, 9.17) is 4.74 Å². The second kappa shape index (κ2) is 10.5. The molecule has 2 heterocycles. The number of hydrogen-bond acceptors (Lipinski definition) is 3. The summed E-state index contributed by atoms with van der Waals surface area (Å²) in [5.74, 6) is -0.676. The highest BCUT2D eigenvalue weighted by Gasteiger charge is 2.43. The van der Waals surface area contributed by atoms with Crippen LogP contribution in [0, 0.1) is 12.7 Å². The normalized spacial score (nSPS) is 18.7. The number of fused-ring (bicyclic) bond motifs is 3. The van der Waals surface area contributed by atoms with Gasteiger partial charge in [-0.15, -0.1) is 0 Å². The highest BCUT2D eigenvalue weighted by molar-refractivity contribution is 5.85. The monoisotopic (exact) mass is 495 g/mol. The van der Waals surface area contributed by atoms with Gasteiger partial charge >= 0.3 is 6.18 Å². The number of ether oxygens (including phenoxy) is 1. The van der Waals surface area contributed by atoms with E-state index in [2.05, 4.69) is 10.3 Å². The molecule has 0 bridgehead atoms. The van der Waals surface area contributed by atoms with Crippen LogP contribution in [-0.2, 0) is 6.42 Å². The Morgan fingerprint density at radius 3 is 2.66 bits per heavy atom. The summed E-state index contributed by atoms with van der Waals surface area (Å²) in [5, 5.41) is 3.95. The first-order chi connectivity index (χ1) is 16.7. The van der Waals surface area contributed by atoms with E-state index in [1.807, 2.05) is 24.3 Å². The predicted octanol–water partition coefficient (Wildman–Crippen LogP) is 5.84. The van der Waals surface area contributed by atoms with Crippen molar-refractivity contribution in [2.24, 2.45) is 0 Å². The van der Waals surface area contributed by atoms with Crippen molar-refractivity contribution in [3.63, 3.8) is 0 Å². The highest BCUT2D eigenvalue weighted by atomic mass is 19.4. The Hall–Kier alpha value is -2.65. The molecule has 3 aromatic rings. The number of aromatic amines is 1. The van der Waals surface area contributed by atoms with Crippen LogP contribution in [0.15, 0.2) is 36.4 Å². The first kappa shape index (κ1) is 25.4. The molecule has 0 aliphatic carbocycles. The number of alkyl halides is 4. The first-order valence-electron chi connectivity index (χ1n) is 11.8. The second-order valence-electron chi connectivity index (χ2n) is 9.06. The molecule has 1 aliphatic heterocycles. The number of aromatic nitrogens is 1. The Labute approximate surface area is 201 Å². The van der Waals surface area contributed by atoms with E-state index in [1.54, 1.807) is 19.9 Å². The molecule has 4 nitrogen and oxygen atoms in total. The topological polar surface area (TPSA) is 40.3 Å². The third-order valence-electron chi connectivity index (χ3n) is 6.54. The number of nitrogens with one attached hydrogen (secondary N) is 2. The molecule has 1 aromatic heterocycles. The van der Waals surface area contributed by atoms with Gasteiger partial charge in [0.25, 0.3) is 0 Å². The quantitative estimate of drug-likeness (QED) is 0.289. The Balaban J connectivity index is 1.75. The summed E-state index contributed by atoms with van der Waals surface area (Å²) in [5.41, 5.74) is 3.04. The zero-order valence-corrected chi connectivity index (χ0v) is 19.8. The molecule has 0 spiro atoms. The molecule has 0 saturated carbocycles. The number of benzene rings is 2. The maximum absolute atomic E-state index is 15.9. The van der Waals surface area contributed by atoms with E-state index in [1.165, 1.54) is 11.0 Å². The van der Waals surface area contributed by atoms with Crippen LogP contribution in [-0.4, -0.2) is 55.0 Å². The minimum absolute atomic E-state index is 0.0132. The van der Waals surface area contributed by atoms with E-state index in [-0.39, 0.29) is 17.9 Å². The smallest absolute Gasteiger partial charge is 0.401 e. The van der Waals surface area contributed by atoms with E-state index in [0.29, 0.717) is 37.2 Å². The van der Waals surface area contributed by atoms with Gasteiger partial charge in [-0.05, 0) is 56.5 Å². The van der Waals surface area contributed by atoms with Gasteiger partial charge in [0.15, 0.2) is 11.6 Å². The number of rotatable bonds is 9. The number of hydrogen-bond donors (Lipinski definition) is 2. The third-order valence-corrected chi connectivity index (χ3v) is 6.54. The maximum Gasteiger partial charge on any atom is 0.401 e. The molecule has 1 aliphatic rings. The van der Waals surface area contributed by atoms with Crippen LogP contribution in [0.4, 0.5) is 22.0 Å². The fourth-order valence-electron chi connectivity index (χ4n) is 4.94. The minimum Gasteiger partial charge on any atom is -0.489 e. The lowest BCUT2D eigenvalue weighted by atomic mass is 9.86. The van der Waals surface area contributed by atoms with E-state index in [0.717, 1.165) is 16.5 Å². The van der Waals surface area contributed by atoms with E-state index in [9.17, 15) is 17.6 Å². The van der Waals surface area contributed by atoms with Crippen LogP contribution >= 0.6 is 0 Å². The Morgan fingerprint density at radius 2 is 1.91 bits per heavy atom. The SMILES string of the molecule is Cc1ccc(OCCNCCCF)c(F)c1[C@@H]1c2[nH]c3ccccc3c2C[C@@H](C)N1CC(F)(F)F. The van der Waals surface area contributed by atoms with Crippen molar-refractivity contribution in [1.82, 2.24) is 15.2 Å². The third kappa shape index (κ3) is 5.46. The summed E-state index contributed by atoms with van der Waals surface area (Å²) in [6.07, 6.45) is -3.64. The van der Waals surface area contributed by atoms with Gasteiger partial charge in [-0.25, -0.2) is 4.39 Å². The average Bonchev–Trinajstić information content (AvgIpc) is 3.16. The molecule has 2 N–H and O–H groups in total. The summed E-state index contributed by atoms with van der Waals surface area (Å²) >= 11 is 0. The predicted molar refractivity (Wildman–Crippen MR) is 126 cm³/mol. The van der Waals surface area contributed by atoms with E-state index < -0.39 is 37.3 Å². The van der Waals surface area contributed by atoms with Crippen LogP contribution in [0.3, 0.4) is 0 Å². The molecule has 2 atom stereocenters. The number of nitrogens with zero attached hydrogens (tertiary/aromatic N) is 1. The van der Waals surface area contributed by atoms with Crippen LogP contribution < -0.4 is 10.1 Å². The fourth-order valence-corrected chi connectivity index (χ4v) is 4.94. The van der Waals surface area contributed by atoms with Crippen molar-refractivity contribution in [2.45, 2.75) is 44.9 Å². The van der Waals surface area contributed by atoms with Crippen LogP contribution in [0.25, 0.3) is 10.9 Å². The standard InChI is InChI=1S/C26H30F5N3O/c1-16-8-9-21(35-13-12-32-11-5-10-27)23(28)22(16)25-24-19(18-6-3-4-7-20(18)33-24)14-17(2)34(25)15-26(29,30)31/h3-4,6-9,17,25,32-33H,5,10-15H2,1-2H3/t17-,25-/m1/s1. The lowest BCUT2D eigenvalue weighted by molar-refractivity contribution is -0.155. The molecule has 0 saturated heterocycles. The molecule has 2 aromatic carbocycles. The number of H-pyrrole nitrogens is 1. The molecule has 190 valence electrons. The first-order valence-corrected chi connectivity index (χ1v) is 11.8. The van der Waals surface area contributed by atoms with Crippen molar-refractivity contribution >= 4 is 10.9 Å². The number of para-hydroxylation sites is 1. The summed E-state index contributed by atoms with van der Waals surface area (Å²) < 4.78 is 74.7. The largest absolute Gasteiger partial charge is 0.489 e. The molecule has 0 radical (unpaired) electrons. The molecule has 0 unspecified atom stereocenters. The minimum atomic E-state index is -4.44. The molecular formula is C26H30F5N3O. The van der Waals surface area contributed by atoms with Gasteiger partial charge in [0, 0.05) is 34.7 Å².